The first-order chi connectivity index (χ1) is 12.9. The molecule has 0 N–H and O–H groups in total. The van der Waals surface area contributed by atoms with Crippen LogP contribution in [0, 0.1) is 5.92 Å². The normalized spacial score (nSPS) is 31.1. The van der Waals surface area contributed by atoms with E-state index in [2.05, 4.69) is 6.58 Å². The van der Waals surface area contributed by atoms with E-state index in [-0.39, 0.29) is 30.2 Å². The Morgan fingerprint density at radius 2 is 2.11 bits per heavy atom. The van der Waals surface area contributed by atoms with Crippen LogP contribution in [-0.2, 0) is 25.4 Å². The number of epoxide rings is 1. The molecule has 1 saturated heterocycles. The van der Waals surface area contributed by atoms with Crippen LogP contribution in [0.2, 0.25) is 0 Å². The van der Waals surface area contributed by atoms with Crippen LogP contribution < -0.4 is 0 Å². The standard InChI is InChI=1S/C21H22O6/c1-10(2)14-9-17-15(20(22)24-4)7-12(25-17)5-11(3)6-13-8-16(21(23)26-13)19-18(14)27-19/h5,7-8,13-14,18-19H,1,6,9H2,2-4H3/b11-5+/t13-,14+,18+,19-/m0/s1. The Labute approximate surface area is 157 Å². The molecule has 0 amide bonds. The van der Waals surface area contributed by atoms with Crippen LogP contribution in [0.4, 0.5) is 0 Å². The van der Waals surface area contributed by atoms with Crippen molar-refractivity contribution in [3.63, 3.8) is 0 Å². The summed E-state index contributed by atoms with van der Waals surface area (Å²) in [6, 6.07) is 1.69. The molecule has 1 aromatic heterocycles. The van der Waals surface area contributed by atoms with Gasteiger partial charge < -0.3 is 18.6 Å². The van der Waals surface area contributed by atoms with Crippen LogP contribution >= 0.6 is 0 Å². The van der Waals surface area contributed by atoms with Crippen molar-refractivity contribution in [2.75, 3.05) is 7.11 Å². The minimum Gasteiger partial charge on any atom is -0.465 e. The number of ether oxygens (including phenoxy) is 3. The van der Waals surface area contributed by atoms with Gasteiger partial charge in [0.2, 0.25) is 0 Å². The predicted octanol–water partition coefficient (Wildman–Crippen LogP) is 3.23. The first-order valence-electron chi connectivity index (χ1n) is 8.99. The monoisotopic (exact) mass is 370 g/mol. The molecule has 3 aliphatic heterocycles. The SMILES string of the molecule is C=C(C)[C@H]1Cc2oc(cc2C(=O)OC)/C=C(\C)C[C@H]2C=C(C(=O)O2)[C@@H]2O[C@H]12. The highest BCUT2D eigenvalue weighted by Gasteiger charge is 2.51. The van der Waals surface area contributed by atoms with Gasteiger partial charge in [-0.3, -0.25) is 0 Å². The number of hydrogen-bond donors (Lipinski definition) is 0. The molecule has 4 heterocycles. The molecule has 0 aromatic carbocycles. The number of fused-ring (bicyclic) bond motifs is 5. The largest absolute Gasteiger partial charge is 0.465 e. The summed E-state index contributed by atoms with van der Waals surface area (Å²) in [4.78, 5) is 24.4. The fourth-order valence-electron chi connectivity index (χ4n) is 3.84. The molecule has 0 radical (unpaired) electrons. The molecular formula is C21H22O6. The quantitative estimate of drug-likeness (QED) is 0.452. The predicted molar refractivity (Wildman–Crippen MR) is 96.9 cm³/mol. The lowest BCUT2D eigenvalue weighted by molar-refractivity contribution is -0.139. The highest BCUT2D eigenvalue weighted by Crippen LogP contribution is 2.42. The molecule has 4 atom stereocenters. The summed E-state index contributed by atoms with van der Waals surface area (Å²) in [7, 11) is 1.35. The van der Waals surface area contributed by atoms with Gasteiger partial charge in [-0.1, -0.05) is 17.7 Å². The third-order valence-corrected chi connectivity index (χ3v) is 5.27. The number of methoxy groups -OCH3 is 1. The van der Waals surface area contributed by atoms with Crippen LogP contribution in [-0.4, -0.2) is 37.4 Å². The maximum Gasteiger partial charge on any atom is 0.341 e. The van der Waals surface area contributed by atoms with Crippen LogP contribution in [0.3, 0.4) is 0 Å². The summed E-state index contributed by atoms with van der Waals surface area (Å²) in [5.41, 5.74) is 2.87. The molecule has 4 bridgehead atoms. The Morgan fingerprint density at radius 1 is 1.33 bits per heavy atom. The van der Waals surface area contributed by atoms with Crippen LogP contribution in [0.5, 0.6) is 0 Å². The summed E-state index contributed by atoms with van der Waals surface area (Å²) in [6.45, 7) is 7.92. The highest BCUT2D eigenvalue weighted by atomic mass is 16.6. The molecule has 142 valence electrons. The molecule has 4 rings (SSSR count). The first kappa shape index (κ1) is 17.8. The van der Waals surface area contributed by atoms with Gasteiger partial charge in [0, 0.05) is 18.8 Å². The zero-order chi connectivity index (χ0) is 19.3. The lowest BCUT2D eigenvalue weighted by Gasteiger charge is -2.14. The second kappa shape index (κ2) is 6.53. The molecule has 6 nitrogen and oxygen atoms in total. The lowest BCUT2D eigenvalue weighted by Crippen LogP contribution is -2.18. The van der Waals surface area contributed by atoms with Gasteiger partial charge in [-0.25, -0.2) is 9.59 Å². The third kappa shape index (κ3) is 3.25. The van der Waals surface area contributed by atoms with Gasteiger partial charge in [0.05, 0.1) is 18.8 Å². The summed E-state index contributed by atoms with van der Waals surface area (Å²) >= 11 is 0. The van der Waals surface area contributed by atoms with Crippen molar-refractivity contribution < 1.29 is 28.2 Å². The van der Waals surface area contributed by atoms with Gasteiger partial charge in [-0.05, 0) is 32.1 Å². The van der Waals surface area contributed by atoms with Gasteiger partial charge in [0.15, 0.2) is 0 Å². The fourth-order valence-corrected chi connectivity index (χ4v) is 3.84. The maximum atomic E-state index is 12.2. The number of esters is 2. The van der Waals surface area contributed by atoms with Gasteiger partial charge in [0.25, 0.3) is 0 Å². The molecule has 0 saturated carbocycles. The molecule has 1 aromatic rings. The van der Waals surface area contributed by atoms with Crippen molar-refractivity contribution in [3.8, 4) is 0 Å². The smallest absolute Gasteiger partial charge is 0.341 e. The minimum atomic E-state index is -0.437. The van der Waals surface area contributed by atoms with Gasteiger partial charge in [0.1, 0.15) is 29.3 Å². The van der Waals surface area contributed by atoms with Crippen molar-refractivity contribution in [1.82, 2.24) is 0 Å². The van der Waals surface area contributed by atoms with E-state index in [4.69, 9.17) is 18.6 Å². The third-order valence-electron chi connectivity index (χ3n) is 5.27. The molecule has 0 spiro atoms. The Bertz CT molecular complexity index is 886. The van der Waals surface area contributed by atoms with E-state index >= 15 is 0 Å². The Kier molecular flexibility index (Phi) is 4.30. The average Bonchev–Trinajstić information content (AvgIpc) is 3.15. The lowest BCUT2D eigenvalue weighted by atomic mass is 9.89. The highest BCUT2D eigenvalue weighted by molar-refractivity contribution is 5.93. The summed E-state index contributed by atoms with van der Waals surface area (Å²) < 4.78 is 22.2. The zero-order valence-electron chi connectivity index (χ0n) is 15.6. The average molecular weight is 370 g/mol. The maximum absolute atomic E-state index is 12.2. The molecule has 27 heavy (non-hydrogen) atoms. The van der Waals surface area contributed by atoms with E-state index in [9.17, 15) is 9.59 Å². The van der Waals surface area contributed by atoms with Crippen LogP contribution in [0.25, 0.3) is 6.08 Å². The Morgan fingerprint density at radius 3 is 2.81 bits per heavy atom. The topological polar surface area (TPSA) is 78.3 Å². The van der Waals surface area contributed by atoms with E-state index in [0.29, 0.717) is 35.5 Å². The number of hydrogen-bond acceptors (Lipinski definition) is 6. The van der Waals surface area contributed by atoms with Crippen molar-refractivity contribution in [2.24, 2.45) is 5.92 Å². The van der Waals surface area contributed by atoms with E-state index in [0.717, 1.165) is 11.1 Å². The van der Waals surface area contributed by atoms with Crippen LogP contribution in [0.15, 0.2) is 39.9 Å². The fraction of sp³-hybridized carbons (Fsp3) is 0.429. The van der Waals surface area contributed by atoms with Crippen molar-refractivity contribution in [1.29, 1.82) is 0 Å². The van der Waals surface area contributed by atoms with Crippen molar-refractivity contribution in [3.05, 3.63) is 52.5 Å². The molecule has 1 fully saturated rings. The molecule has 0 aliphatic carbocycles. The Hall–Kier alpha value is -2.60. The van der Waals surface area contributed by atoms with Crippen molar-refractivity contribution >= 4 is 18.0 Å². The van der Waals surface area contributed by atoms with E-state index < -0.39 is 5.97 Å². The van der Waals surface area contributed by atoms with Gasteiger partial charge in [-0.2, -0.15) is 0 Å². The number of carbonyl (C=O) groups is 2. The number of furan rings is 1. The van der Waals surface area contributed by atoms with E-state index in [1.54, 1.807) is 6.07 Å². The first-order valence-corrected chi connectivity index (χ1v) is 8.99. The molecular weight excluding hydrogens is 348 g/mol. The second-order valence-corrected chi connectivity index (χ2v) is 7.42. The summed E-state index contributed by atoms with van der Waals surface area (Å²) in [6.07, 6.45) is 3.93. The number of carbonyl (C=O) groups excluding carboxylic acids is 2. The number of rotatable bonds is 2. The molecule has 3 aliphatic rings. The van der Waals surface area contributed by atoms with E-state index in [1.165, 1.54) is 7.11 Å². The van der Waals surface area contributed by atoms with Crippen molar-refractivity contribution in [2.45, 2.75) is 45.0 Å². The second-order valence-electron chi connectivity index (χ2n) is 7.42. The molecule has 0 unspecified atom stereocenters. The zero-order valence-corrected chi connectivity index (χ0v) is 15.6. The Balaban J connectivity index is 1.77. The van der Waals surface area contributed by atoms with Gasteiger partial charge in [-0.15, -0.1) is 0 Å². The molecule has 6 heteroatoms. The summed E-state index contributed by atoms with van der Waals surface area (Å²) in [5.74, 6) is 0.281. The minimum absolute atomic E-state index is 0.0871. The van der Waals surface area contributed by atoms with Crippen LogP contribution in [0.1, 0.15) is 42.1 Å². The van der Waals surface area contributed by atoms with E-state index in [1.807, 2.05) is 26.0 Å². The summed E-state index contributed by atoms with van der Waals surface area (Å²) in [5, 5.41) is 0. The van der Waals surface area contributed by atoms with Gasteiger partial charge >= 0.3 is 11.9 Å².